The van der Waals surface area contributed by atoms with E-state index in [1.54, 1.807) is 0 Å². The van der Waals surface area contributed by atoms with Crippen molar-refractivity contribution < 1.29 is 51.3 Å². The first kappa shape index (κ1) is 22.1. The monoisotopic (exact) mass is 345 g/mol. The Bertz CT molecular complexity index is 430. The van der Waals surface area contributed by atoms with Crippen LogP contribution in [0.15, 0.2) is 42.0 Å². The Balaban J connectivity index is 0. The molecule has 107 valence electrons. The van der Waals surface area contributed by atoms with Gasteiger partial charge in [-0.2, -0.15) is 6.08 Å². The van der Waals surface area contributed by atoms with Crippen molar-refractivity contribution in [3.8, 4) is 5.75 Å². The van der Waals surface area contributed by atoms with Crippen molar-refractivity contribution >= 4 is 0 Å². The van der Waals surface area contributed by atoms with Crippen LogP contribution in [0.25, 0.3) is 0 Å². The molecule has 1 nitrogen and oxygen atoms in total. The second-order valence-electron chi connectivity index (χ2n) is 4.20. The zero-order valence-corrected chi connectivity index (χ0v) is 14.7. The summed E-state index contributed by atoms with van der Waals surface area (Å²) in [4.78, 5) is 0. The molecule has 0 saturated heterocycles. The van der Waals surface area contributed by atoms with Crippen LogP contribution >= 0.6 is 0 Å². The predicted molar refractivity (Wildman–Crippen MR) is 71.1 cm³/mol. The molecule has 0 N–H and O–H groups in total. The van der Waals surface area contributed by atoms with Crippen LogP contribution in [-0.4, -0.2) is 6.61 Å². The summed E-state index contributed by atoms with van der Waals surface area (Å²) in [6, 6.07) is 8.33. The third-order valence-electron chi connectivity index (χ3n) is 2.93. The number of aryl methyl sites for hydroxylation is 1. The van der Waals surface area contributed by atoms with E-state index in [2.05, 4.69) is 36.4 Å². The van der Waals surface area contributed by atoms with Crippen LogP contribution in [0.4, 0.5) is 0 Å². The van der Waals surface area contributed by atoms with E-state index in [1.807, 2.05) is 13.0 Å². The van der Waals surface area contributed by atoms with E-state index in [0.717, 1.165) is 38.0 Å². The Hall–Kier alpha value is -0.206. The molecule has 0 bridgehead atoms. The molecule has 0 aliphatic heterocycles. The number of benzene rings is 1. The Morgan fingerprint density at radius 3 is 2.55 bits per heavy atom. The fourth-order valence-electron chi connectivity index (χ4n) is 2.10. The molecule has 4 heteroatoms. The van der Waals surface area contributed by atoms with Gasteiger partial charge in [-0.3, -0.25) is 6.08 Å². The van der Waals surface area contributed by atoms with E-state index in [4.69, 9.17) is 4.74 Å². The van der Waals surface area contributed by atoms with Crippen molar-refractivity contribution in [2.24, 2.45) is 0 Å². The van der Waals surface area contributed by atoms with E-state index >= 15 is 0 Å². The third kappa shape index (κ3) is 6.99. The first-order valence-electron chi connectivity index (χ1n) is 6.37. The molecule has 1 aromatic carbocycles. The zero-order chi connectivity index (χ0) is 11.9. The van der Waals surface area contributed by atoms with Crippen molar-refractivity contribution in [1.29, 1.82) is 0 Å². The molecule has 20 heavy (non-hydrogen) atoms. The van der Waals surface area contributed by atoms with E-state index < -0.39 is 0 Å². The minimum atomic E-state index is 0. The summed E-state index contributed by atoms with van der Waals surface area (Å²) in [6.07, 6.45) is 12.1. The van der Waals surface area contributed by atoms with E-state index in [-0.39, 0.29) is 46.5 Å². The fraction of sp³-hybridized carbons (Fsp3) is 0.375. The van der Waals surface area contributed by atoms with Crippen LogP contribution in [0.3, 0.4) is 0 Å². The van der Waals surface area contributed by atoms with Gasteiger partial charge in [-0.1, -0.05) is 24.6 Å². The molecular weight excluding hydrogens is 327 g/mol. The van der Waals surface area contributed by atoms with Crippen molar-refractivity contribution in [1.82, 2.24) is 0 Å². The van der Waals surface area contributed by atoms with Crippen LogP contribution in [0.1, 0.15) is 31.7 Å². The van der Waals surface area contributed by atoms with Gasteiger partial charge in [0.15, 0.2) is 0 Å². The van der Waals surface area contributed by atoms with Gasteiger partial charge in [-0.15, -0.1) is 6.42 Å². The number of ether oxygens (including phenoxy) is 1. The first-order valence-corrected chi connectivity index (χ1v) is 6.37. The maximum absolute atomic E-state index is 5.62. The summed E-state index contributed by atoms with van der Waals surface area (Å²) in [5, 5.41) is 0. The van der Waals surface area contributed by atoms with Crippen molar-refractivity contribution in [3.63, 3.8) is 0 Å². The molecule has 0 aromatic heterocycles. The van der Waals surface area contributed by atoms with Gasteiger partial charge in [0.1, 0.15) is 5.75 Å². The average Bonchev–Trinajstić information content (AvgIpc) is 2.85. The van der Waals surface area contributed by atoms with Crippen molar-refractivity contribution in [2.45, 2.75) is 32.6 Å². The number of hydrogen-bond donors (Lipinski definition) is 0. The average molecular weight is 346 g/mol. The Morgan fingerprint density at radius 2 is 1.90 bits per heavy atom. The summed E-state index contributed by atoms with van der Waals surface area (Å²) in [6.45, 7) is 2.76. The molecule has 0 amide bonds. The zero-order valence-electron chi connectivity index (χ0n) is 11.7. The Labute approximate surface area is 149 Å². The smallest absolute Gasteiger partial charge is 1.00 e. The molecule has 1 aromatic rings. The standard InChI is InChI=1S/C16H19O.2ClH.Ti/c1-2-17-16-13-6-5-11-15(16)12-7-10-14-8-3-4-9-14;;;/h3,5-6,8,11,13H,2,4,7,10,12H2,1H3;2*1H;/q-1;;;+3/p-2. The van der Waals surface area contributed by atoms with Crippen LogP contribution in [0.2, 0.25) is 0 Å². The second-order valence-corrected chi connectivity index (χ2v) is 4.20. The van der Waals surface area contributed by atoms with Gasteiger partial charge in [0, 0.05) is 0 Å². The van der Waals surface area contributed by atoms with Gasteiger partial charge in [0.2, 0.25) is 0 Å². The Kier molecular flexibility index (Phi) is 13.8. The topological polar surface area (TPSA) is 9.23 Å². The molecule has 0 fully saturated rings. The van der Waals surface area contributed by atoms with Gasteiger partial charge in [0.25, 0.3) is 0 Å². The van der Waals surface area contributed by atoms with Gasteiger partial charge >= 0.3 is 21.7 Å². The molecule has 0 heterocycles. The van der Waals surface area contributed by atoms with Crippen molar-refractivity contribution in [2.75, 3.05) is 6.61 Å². The molecular formula is C16H19Cl2OTi. The quantitative estimate of drug-likeness (QED) is 0.432. The van der Waals surface area contributed by atoms with Crippen LogP contribution in [0.5, 0.6) is 5.75 Å². The van der Waals surface area contributed by atoms with Gasteiger partial charge in [-0.05, 0) is 31.4 Å². The van der Waals surface area contributed by atoms with Gasteiger partial charge in [-0.25, -0.2) is 11.6 Å². The van der Waals surface area contributed by atoms with Crippen LogP contribution in [0, 0.1) is 6.08 Å². The summed E-state index contributed by atoms with van der Waals surface area (Å²) in [5.41, 5.74) is 2.68. The predicted octanol–water partition coefficient (Wildman–Crippen LogP) is -1.90. The number of allylic oxidation sites excluding steroid dienone is 4. The molecule has 0 spiro atoms. The molecule has 1 aliphatic carbocycles. The second kappa shape index (κ2) is 12.5. The molecule has 0 saturated carbocycles. The first-order chi connectivity index (χ1) is 8.40. The Morgan fingerprint density at radius 1 is 1.15 bits per heavy atom. The van der Waals surface area contributed by atoms with E-state index in [1.165, 1.54) is 11.1 Å². The molecule has 1 radical (unpaired) electrons. The minimum absolute atomic E-state index is 0. The largest absolute Gasteiger partial charge is 3.00 e. The fourth-order valence-corrected chi connectivity index (χ4v) is 2.10. The summed E-state index contributed by atoms with van der Waals surface area (Å²) >= 11 is 0. The van der Waals surface area contributed by atoms with E-state index in [0.29, 0.717) is 0 Å². The maximum Gasteiger partial charge on any atom is 3.00 e. The van der Waals surface area contributed by atoms with E-state index in [9.17, 15) is 0 Å². The van der Waals surface area contributed by atoms with Crippen LogP contribution in [-0.2, 0) is 28.1 Å². The molecule has 0 unspecified atom stereocenters. The number of rotatable bonds is 6. The normalized spacial score (nSPS) is 11.8. The van der Waals surface area contributed by atoms with Gasteiger partial charge in [0.05, 0.1) is 6.61 Å². The van der Waals surface area contributed by atoms with Gasteiger partial charge < -0.3 is 29.6 Å². The molecule has 1 aliphatic rings. The number of hydrogen-bond acceptors (Lipinski definition) is 1. The number of para-hydroxylation sites is 1. The minimum Gasteiger partial charge on any atom is -1.00 e. The SMILES string of the molecule is CCOc1ccccc1CCCC1=[C-]CC=C1.[Cl-].[Cl-].[Ti+3]. The molecule has 0 atom stereocenters. The summed E-state index contributed by atoms with van der Waals surface area (Å²) in [5.74, 6) is 1.04. The number of halogens is 2. The summed E-state index contributed by atoms with van der Waals surface area (Å²) in [7, 11) is 0. The van der Waals surface area contributed by atoms with Crippen LogP contribution < -0.4 is 29.6 Å². The third-order valence-corrected chi connectivity index (χ3v) is 2.93. The molecule has 2 rings (SSSR count). The summed E-state index contributed by atoms with van der Waals surface area (Å²) < 4.78 is 5.62. The maximum atomic E-state index is 5.62. The van der Waals surface area contributed by atoms with Crippen molar-refractivity contribution in [3.05, 3.63) is 53.6 Å².